The van der Waals surface area contributed by atoms with Crippen LogP contribution in [0.25, 0.3) is 11.2 Å². The summed E-state index contributed by atoms with van der Waals surface area (Å²) in [7, 11) is 4.23. The molecule has 2 rings (SSSR count). The Morgan fingerprint density at radius 2 is 1.95 bits per heavy atom. The number of aromatic nitrogens is 4. The van der Waals surface area contributed by atoms with Crippen molar-refractivity contribution in [2.75, 3.05) is 13.7 Å². The molecule has 0 radical (unpaired) electrons. The molecule has 0 saturated heterocycles. The Labute approximate surface area is 112 Å². The second kappa shape index (κ2) is 4.93. The highest BCUT2D eigenvalue weighted by atomic mass is 16.5. The lowest BCUT2D eigenvalue weighted by atomic mass is 10.5. The van der Waals surface area contributed by atoms with Crippen LogP contribution in [0.4, 0.5) is 0 Å². The minimum Gasteiger partial charge on any atom is -0.475 e. The second-order valence-corrected chi connectivity index (χ2v) is 4.26. The number of imidazole rings is 1. The van der Waals surface area contributed by atoms with E-state index in [2.05, 4.69) is 4.98 Å². The number of aryl methyl sites for hydroxylation is 1. The first-order chi connectivity index (χ1) is 9.40. The fourth-order valence-corrected chi connectivity index (χ4v) is 2.00. The first-order valence-electron chi connectivity index (χ1n) is 5.78. The van der Waals surface area contributed by atoms with Crippen LogP contribution >= 0.6 is 0 Å². The van der Waals surface area contributed by atoms with E-state index in [1.807, 2.05) is 0 Å². The van der Waals surface area contributed by atoms with E-state index < -0.39 is 17.2 Å². The van der Waals surface area contributed by atoms with Crippen LogP contribution in [-0.4, -0.2) is 43.5 Å². The number of hydrogen-bond acceptors (Lipinski definition) is 5. The standard InChI is InChI=1S/C11H14N4O5/c1-13-6-7(12-8(13)10(17)18)15(4-5-20-3)11(19)14(2)9(6)16/h4-5H2,1-3H3,(H,17,18). The van der Waals surface area contributed by atoms with Gasteiger partial charge in [0, 0.05) is 21.2 Å². The monoisotopic (exact) mass is 282 g/mol. The van der Waals surface area contributed by atoms with Crippen molar-refractivity contribution in [3.8, 4) is 0 Å². The normalized spacial score (nSPS) is 11.2. The molecule has 20 heavy (non-hydrogen) atoms. The molecular formula is C11H14N4O5. The molecule has 2 aromatic heterocycles. The predicted molar refractivity (Wildman–Crippen MR) is 69.1 cm³/mol. The van der Waals surface area contributed by atoms with Crippen LogP contribution in [0.15, 0.2) is 9.59 Å². The molecule has 0 saturated carbocycles. The maximum absolute atomic E-state index is 12.1. The Morgan fingerprint density at radius 1 is 1.30 bits per heavy atom. The maximum Gasteiger partial charge on any atom is 0.372 e. The van der Waals surface area contributed by atoms with Crippen LogP contribution in [0.1, 0.15) is 10.6 Å². The van der Waals surface area contributed by atoms with Gasteiger partial charge in [-0.25, -0.2) is 14.6 Å². The molecule has 0 bridgehead atoms. The molecule has 0 aliphatic rings. The van der Waals surface area contributed by atoms with Crippen LogP contribution in [-0.2, 0) is 25.4 Å². The zero-order chi connectivity index (χ0) is 15.0. The molecule has 0 aliphatic heterocycles. The van der Waals surface area contributed by atoms with E-state index in [0.717, 1.165) is 4.57 Å². The number of carboxylic acid groups (broad SMARTS) is 1. The lowest BCUT2D eigenvalue weighted by Gasteiger charge is -2.08. The van der Waals surface area contributed by atoms with Gasteiger partial charge >= 0.3 is 11.7 Å². The van der Waals surface area contributed by atoms with Gasteiger partial charge in [-0.15, -0.1) is 0 Å². The van der Waals surface area contributed by atoms with Gasteiger partial charge in [0.05, 0.1) is 13.2 Å². The Hall–Kier alpha value is -2.42. The van der Waals surface area contributed by atoms with Gasteiger partial charge in [0.2, 0.25) is 5.82 Å². The first-order valence-corrected chi connectivity index (χ1v) is 5.78. The smallest absolute Gasteiger partial charge is 0.372 e. The molecule has 0 aliphatic carbocycles. The van der Waals surface area contributed by atoms with Crippen molar-refractivity contribution in [3.05, 3.63) is 26.7 Å². The third kappa shape index (κ3) is 1.92. The van der Waals surface area contributed by atoms with E-state index in [9.17, 15) is 14.4 Å². The number of ether oxygens (including phenoxy) is 1. The lowest BCUT2D eigenvalue weighted by Crippen LogP contribution is -2.39. The van der Waals surface area contributed by atoms with Crippen LogP contribution in [0.3, 0.4) is 0 Å². The van der Waals surface area contributed by atoms with E-state index in [4.69, 9.17) is 9.84 Å². The van der Waals surface area contributed by atoms with E-state index >= 15 is 0 Å². The van der Waals surface area contributed by atoms with Gasteiger partial charge in [-0.05, 0) is 0 Å². The largest absolute Gasteiger partial charge is 0.475 e. The van der Waals surface area contributed by atoms with Crippen molar-refractivity contribution >= 4 is 17.1 Å². The van der Waals surface area contributed by atoms with Gasteiger partial charge in [-0.2, -0.15) is 0 Å². The molecule has 9 heteroatoms. The highest BCUT2D eigenvalue weighted by Gasteiger charge is 2.21. The molecule has 2 heterocycles. The summed E-state index contributed by atoms with van der Waals surface area (Å²) in [6, 6.07) is 0. The Morgan fingerprint density at radius 3 is 2.50 bits per heavy atom. The van der Waals surface area contributed by atoms with Gasteiger partial charge in [-0.3, -0.25) is 13.9 Å². The number of methoxy groups -OCH3 is 1. The molecule has 9 nitrogen and oxygen atoms in total. The van der Waals surface area contributed by atoms with E-state index in [1.54, 1.807) is 0 Å². The second-order valence-electron chi connectivity index (χ2n) is 4.26. The van der Waals surface area contributed by atoms with Gasteiger partial charge in [0.1, 0.15) is 0 Å². The van der Waals surface area contributed by atoms with Gasteiger partial charge < -0.3 is 14.4 Å². The molecule has 108 valence electrons. The summed E-state index contributed by atoms with van der Waals surface area (Å²) < 4.78 is 8.23. The minimum absolute atomic E-state index is 0.0510. The Kier molecular flexibility index (Phi) is 3.45. The molecular weight excluding hydrogens is 268 g/mol. The summed E-state index contributed by atoms with van der Waals surface area (Å²) in [5.41, 5.74) is -1.02. The SMILES string of the molecule is COCCn1c(=O)n(C)c(=O)c2c1nc(C(=O)O)n2C. The van der Waals surface area contributed by atoms with Crippen molar-refractivity contribution < 1.29 is 14.6 Å². The number of aromatic carboxylic acids is 1. The average molecular weight is 282 g/mol. The molecule has 0 spiro atoms. The van der Waals surface area contributed by atoms with Gasteiger partial charge in [0.15, 0.2) is 11.2 Å². The van der Waals surface area contributed by atoms with Crippen LogP contribution < -0.4 is 11.2 Å². The van der Waals surface area contributed by atoms with Crippen molar-refractivity contribution in [2.24, 2.45) is 14.1 Å². The van der Waals surface area contributed by atoms with Crippen LogP contribution in [0.2, 0.25) is 0 Å². The van der Waals surface area contributed by atoms with Crippen molar-refractivity contribution in [3.63, 3.8) is 0 Å². The molecule has 0 amide bonds. The average Bonchev–Trinajstić information content (AvgIpc) is 2.74. The topological polar surface area (TPSA) is 108 Å². The van der Waals surface area contributed by atoms with Crippen LogP contribution in [0.5, 0.6) is 0 Å². The van der Waals surface area contributed by atoms with Crippen molar-refractivity contribution in [2.45, 2.75) is 6.54 Å². The summed E-state index contributed by atoms with van der Waals surface area (Å²) in [6.07, 6.45) is 0. The predicted octanol–water partition coefficient (Wildman–Crippen LogP) is -1.22. The third-order valence-corrected chi connectivity index (χ3v) is 3.07. The minimum atomic E-state index is -1.27. The zero-order valence-corrected chi connectivity index (χ0v) is 11.3. The van der Waals surface area contributed by atoms with Crippen molar-refractivity contribution in [1.82, 2.24) is 18.7 Å². The summed E-state index contributed by atoms with van der Waals surface area (Å²) in [4.78, 5) is 39.1. The first kappa shape index (κ1) is 14.0. The Balaban J connectivity index is 2.92. The lowest BCUT2D eigenvalue weighted by molar-refractivity contribution is 0.0680. The number of rotatable bonds is 4. The third-order valence-electron chi connectivity index (χ3n) is 3.07. The highest BCUT2D eigenvalue weighted by Crippen LogP contribution is 2.09. The number of carboxylic acids is 1. The van der Waals surface area contributed by atoms with Gasteiger partial charge in [0.25, 0.3) is 5.56 Å². The molecule has 0 unspecified atom stereocenters. The number of carbonyl (C=O) groups is 1. The summed E-state index contributed by atoms with van der Waals surface area (Å²) in [6.45, 7) is 0.419. The molecule has 0 aromatic carbocycles. The molecule has 1 N–H and O–H groups in total. The molecule has 0 fully saturated rings. The number of nitrogens with zero attached hydrogens (tertiary/aromatic N) is 4. The van der Waals surface area contributed by atoms with E-state index in [0.29, 0.717) is 0 Å². The summed E-state index contributed by atoms with van der Waals surface area (Å²) in [5, 5.41) is 9.06. The van der Waals surface area contributed by atoms with Gasteiger partial charge in [-0.1, -0.05) is 0 Å². The maximum atomic E-state index is 12.1. The number of fused-ring (bicyclic) bond motifs is 1. The number of hydrogen-bond donors (Lipinski definition) is 1. The Bertz CT molecular complexity index is 798. The molecule has 2 aromatic rings. The van der Waals surface area contributed by atoms with E-state index in [-0.39, 0.29) is 30.1 Å². The summed E-state index contributed by atoms with van der Waals surface area (Å²) in [5.74, 6) is -1.56. The summed E-state index contributed by atoms with van der Waals surface area (Å²) >= 11 is 0. The van der Waals surface area contributed by atoms with Crippen molar-refractivity contribution in [1.29, 1.82) is 0 Å². The fraction of sp³-hybridized carbons (Fsp3) is 0.455. The van der Waals surface area contributed by atoms with Crippen LogP contribution in [0, 0.1) is 0 Å². The molecule has 0 atom stereocenters. The van der Waals surface area contributed by atoms with E-state index in [1.165, 1.54) is 30.3 Å². The highest BCUT2D eigenvalue weighted by molar-refractivity contribution is 5.88. The zero-order valence-electron chi connectivity index (χ0n) is 11.3. The fourth-order valence-electron chi connectivity index (χ4n) is 2.00. The quantitative estimate of drug-likeness (QED) is 0.753.